The van der Waals surface area contributed by atoms with Gasteiger partial charge in [-0.05, 0) is 50.4 Å². The first kappa shape index (κ1) is 13.3. The molecule has 1 rings (SSSR count). The molecule has 1 aromatic carbocycles. The van der Waals surface area contributed by atoms with E-state index in [4.69, 9.17) is 22.1 Å². The molecule has 2 N–H and O–H groups in total. The predicted octanol–water partition coefficient (Wildman–Crippen LogP) is 3.58. The maximum atomic E-state index is 6.16. The number of ether oxygens (including phenoxy) is 1. The van der Waals surface area contributed by atoms with Crippen LogP contribution >= 0.6 is 11.6 Å². The third-order valence-corrected chi connectivity index (χ3v) is 2.78. The van der Waals surface area contributed by atoms with Gasteiger partial charge in [-0.1, -0.05) is 24.6 Å². The largest absolute Gasteiger partial charge is 0.489 e. The summed E-state index contributed by atoms with van der Waals surface area (Å²) in [6.45, 7) is 6.83. The van der Waals surface area contributed by atoms with Crippen LogP contribution in [-0.2, 0) is 0 Å². The van der Waals surface area contributed by atoms with Gasteiger partial charge in [-0.25, -0.2) is 0 Å². The fourth-order valence-electron chi connectivity index (χ4n) is 1.59. The first-order chi connectivity index (χ1) is 7.54. The minimum Gasteiger partial charge on any atom is -0.489 e. The predicted molar refractivity (Wildman–Crippen MR) is 69.3 cm³/mol. The zero-order valence-electron chi connectivity index (χ0n) is 10.2. The lowest BCUT2D eigenvalue weighted by atomic mass is 9.98. The second-order valence-corrected chi connectivity index (χ2v) is 4.74. The molecule has 0 bridgehead atoms. The van der Waals surface area contributed by atoms with E-state index in [0.717, 1.165) is 12.2 Å². The molecule has 1 unspecified atom stereocenters. The Morgan fingerprint density at radius 2 is 2.00 bits per heavy atom. The molecule has 1 aromatic rings. The molecule has 0 aliphatic heterocycles. The highest BCUT2D eigenvalue weighted by Crippen LogP contribution is 2.30. The summed E-state index contributed by atoms with van der Waals surface area (Å²) in [6.07, 6.45) is 1.12. The maximum absolute atomic E-state index is 6.16. The zero-order chi connectivity index (χ0) is 12.1. The summed E-state index contributed by atoms with van der Waals surface area (Å²) in [5.74, 6) is 1.19. The van der Waals surface area contributed by atoms with Crippen LogP contribution in [0.1, 0.15) is 38.7 Å². The first-order valence-corrected chi connectivity index (χ1v) is 6.08. The van der Waals surface area contributed by atoms with Crippen molar-refractivity contribution in [3.05, 3.63) is 28.8 Å². The van der Waals surface area contributed by atoms with Crippen LogP contribution in [0, 0.1) is 0 Å². The molecular weight excluding hydrogens is 222 g/mol. The van der Waals surface area contributed by atoms with Gasteiger partial charge in [0.05, 0.1) is 11.1 Å². The zero-order valence-corrected chi connectivity index (χ0v) is 10.9. The van der Waals surface area contributed by atoms with E-state index in [1.807, 2.05) is 26.0 Å². The van der Waals surface area contributed by atoms with Gasteiger partial charge < -0.3 is 10.5 Å². The number of nitrogens with two attached hydrogens (primary N) is 1. The van der Waals surface area contributed by atoms with Crippen molar-refractivity contribution in [3.8, 4) is 5.75 Å². The summed E-state index contributed by atoms with van der Waals surface area (Å²) < 4.78 is 5.58. The molecule has 0 heterocycles. The van der Waals surface area contributed by atoms with Crippen molar-refractivity contribution in [2.45, 2.75) is 39.2 Å². The number of hydrogen-bond donors (Lipinski definition) is 1. The fraction of sp³-hybridized carbons (Fsp3) is 0.538. The Bertz CT molecular complexity index is 339. The molecular formula is C13H20ClNO. The van der Waals surface area contributed by atoms with E-state index in [2.05, 4.69) is 13.0 Å². The van der Waals surface area contributed by atoms with E-state index in [9.17, 15) is 0 Å². The van der Waals surface area contributed by atoms with E-state index < -0.39 is 0 Å². The van der Waals surface area contributed by atoms with Gasteiger partial charge in [-0.2, -0.15) is 0 Å². The number of halogens is 1. The minimum atomic E-state index is 0.143. The topological polar surface area (TPSA) is 35.2 Å². The van der Waals surface area contributed by atoms with Crippen LogP contribution in [0.2, 0.25) is 5.02 Å². The molecule has 0 saturated heterocycles. The van der Waals surface area contributed by atoms with E-state index in [0.29, 0.717) is 17.5 Å². The van der Waals surface area contributed by atoms with Crippen LogP contribution in [0.15, 0.2) is 18.2 Å². The normalized spacial score (nSPS) is 12.9. The Hall–Kier alpha value is -0.730. The SMILES string of the molecule is CC(C)Oc1ccc(C(C)CCN)cc1Cl. The number of hydrogen-bond acceptors (Lipinski definition) is 2. The molecule has 0 aliphatic rings. The van der Waals surface area contributed by atoms with Crippen molar-refractivity contribution in [3.63, 3.8) is 0 Å². The fourth-order valence-corrected chi connectivity index (χ4v) is 1.82. The molecule has 0 saturated carbocycles. The third kappa shape index (κ3) is 3.69. The summed E-state index contributed by atoms with van der Waals surface area (Å²) in [4.78, 5) is 0. The monoisotopic (exact) mass is 241 g/mol. The third-order valence-electron chi connectivity index (χ3n) is 2.49. The maximum Gasteiger partial charge on any atom is 0.138 e. The molecule has 0 aliphatic carbocycles. The van der Waals surface area contributed by atoms with E-state index >= 15 is 0 Å². The van der Waals surface area contributed by atoms with Gasteiger partial charge >= 0.3 is 0 Å². The Kier molecular flexibility index (Phi) is 5.10. The van der Waals surface area contributed by atoms with Crippen LogP contribution in [0.4, 0.5) is 0 Å². The van der Waals surface area contributed by atoms with Crippen molar-refractivity contribution < 1.29 is 4.74 Å². The van der Waals surface area contributed by atoms with E-state index in [-0.39, 0.29) is 6.10 Å². The lowest BCUT2D eigenvalue weighted by Crippen LogP contribution is -2.07. The molecule has 0 spiro atoms. The molecule has 2 nitrogen and oxygen atoms in total. The number of rotatable bonds is 5. The summed E-state index contributed by atoms with van der Waals surface area (Å²) in [6, 6.07) is 5.97. The van der Waals surface area contributed by atoms with Crippen LogP contribution in [-0.4, -0.2) is 12.6 Å². The molecule has 0 aromatic heterocycles. The molecule has 16 heavy (non-hydrogen) atoms. The van der Waals surface area contributed by atoms with Crippen LogP contribution < -0.4 is 10.5 Å². The van der Waals surface area contributed by atoms with Gasteiger partial charge in [-0.3, -0.25) is 0 Å². The highest BCUT2D eigenvalue weighted by Gasteiger charge is 2.09. The van der Waals surface area contributed by atoms with Gasteiger partial charge in [0.25, 0.3) is 0 Å². The second-order valence-electron chi connectivity index (χ2n) is 4.33. The second kappa shape index (κ2) is 6.12. The van der Waals surface area contributed by atoms with Crippen LogP contribution in [0.5, 0.6) is 5.75 Å². The Labute approximate surface area is 103 Å². The first-order valence-electron chi connectivity index (χ1n) is 5.70. The van der Waals surface area contributed by atoms with Crippen molar-refractivity contribution >= 4 is 11.6 Å². The van der Waals surface area contributed by atoms with Gasteiger partial charge in [0, 0.05) is 0 Å². The van der Waals surface area contributed by atoms with Gasteiger partial charge in [0.2, 0.25) is 0 Å². The average molecular weight is 242 g/mol. The molecule has 90 valence electrons. The van der Waals surface area contributed by atoms with Gasteiger partial charge in [0.1, 0.15) is 5.75 Å². The summed E-state index contributed by atoms with van der Waals surface area (Å²) in [5, 5.41) is 0.676. The molecule has 3 heteroatoms. The van der Waals surface area contributed by atoms with Crippen molar-refractivity contribution in [2.24, 2.45) is 5.73 Å². The van der Waals surface area contributed by atoms with Crippen LogP contribution in [0.25, 0.3) is 0 Å². The highest BCUT2D eigenvalue weighted by atomic mass is 35.5. The molecule has 1 atom stereocenters. The average Bonchev–Trinajstić information content (AvgIpc) is 2.20. The standard InChI is InChI=1S/C13H20ClNO/c1-9(2)16-13-5-4-11(8-12(13)14)10(3)6-7-15/h4-5,8-10H,6-7,15H2,1-3H3. The van der Waals surface area contributed by atoms with Gasteiger partial charge in [-0.15, -0.1) is 0 Å². The lowest BCUT2D eigenvalue weighted by molar-refractivity contribution is 0.242. The summed E-state index contributed by atoms with van der Waals surface area (Å²) in [7, 11) is 0. The van der Waals surface area contributed by atoms with E-state index in [1.165, 1.54) is 5.56 Å². The Morgan fingerprint density at radius 3 is 2.50 bits per heavy atom. The molecule has 0 fully saturated rings. The quantitative estimate of drug-likeness (QED) is 0.855. The van der Waals surface area contributed by atoms with Crippen molar-refractivity contribution in [1.82, 2.24) is 0 Å². The molecule has 0 radical (unpaired) electrons. The van der Waals surface area contributed by atoms with Crippen molar-refractivity contribution in [2.75, 3.05) is 6.54 Å². The summed E-state index contributed by atoms with van der Waals surface area (Å²) in [5.41, 5.74) is 6.76. The Balaban J connectivity index is 2.82. The minimum absolute atomic E-state index is 0.143. The van der Waals surface area contributed by atoms with Gasteiger partial charge in [0.15, 0.2) is 0 Å². The lowest BCUT2D eigenvalue weighted by Gasteiger charge is -2.15. The van der Waals surface area contributed by atoms with Crippen LogP contribution in [0.3, 0.4) is 0 Å². The number of benzene rings is 1. The van der Waals surface area contributed by atoms with E-state index in [1.54, 1.807) is 0 Å². The Morgan fingerprint density at radius 1 is 1.31 bits per heavy atom. The van der Waals surface area contributed by atoms with Crippen molar-refractivity contribution in [1.29, 1.82) is 0 Å². The smallest absolute Gasteiger partial charge is 0.138 e. The molecule has 0 amide bonds. The highest BCUT2D eigenvalue weighted by molar-refractivity contribution is 6.32. The summed E-state index contributed by atoms with van der Waals surface area (Å²) >= 11 is 6.16.